The van der Waals surface area contributed by atoms with Crippen molar-refractivity contribution in [3.63, 3.8) is 0 Å². The number of amides is 1. The van der Waals surface area contributed by atoms with E-state index in [9.17, 15) is 4.79 Å². The first kappa shape index (κ1) is 12.9. The zero-order chi connectivity index (χ0) is 11.0. The second-order valence-corrected chi connectivity index (χ2v) is 3.43. The summed E-state index contributed by atoms with van der Waals surface area (Å²) < 4.78 is 0. The molecule has 80 valence electrons. The molecule has 0 bridgehead atoms. The van der Waals surface area contributed by atoms with Crippen LogP contribution in [0, 0.1) is 11.3 Å². The van der Waals surface area contributed by atoms with Gasteiger partial charge in [-0.05, 0) is 20.3 Å². The normalized spacial score (nSPS) is 14.1. The molecule has 2 atom stereocenters. The quantitative estimate of drug-likeness (QED) is 0.661. The first-order chi connectivity index (χ1) is 6.60. The van der Waals surface area contributed by atoms with Crippen molar-refractivity contribution in [1.29, 1.82) is 5.26 Å². The van der Waals surface area contributed by atoms with Crippen molar-refractivity contribution in [3.8, 4) is 6.07 Å². The van der Waals surface area contributed by atoms with E-state index in [0.717, 1.165) is 6.42 Å². The van der Waals surface area contributed by atoms with Crippen molar-refractivity contribution in [2.24, 2.45) is 0 Å². The number of nitriles is 1. The maximum absolute atomic E-state index is 11.2. The SMILES string of the molecule is CCC(C)NC(=O)CCNC(C)C#N. The topological polar surface area (TPSA) is 64.9 Å². The Balaban J connectivity index is 3.51. The van der Waals surface area contributed by atoms with Crippen molar-refractivity contribution < 1.29 is 4.79 Å². The summed E-state index contributed by atoms with van der Waals surface area (Å²) in [4.78, 5) is 11.2. The highest BCUT2D eigenvalue weighted by Gasteiger charge is 2.05. The largest absolute Gasteiger partial charge is 0.354 e. The molecule has 4 nitrogen and oxygen atoms in total. The standard InChI is InChI=1S/C10H19N3O/c1-4-8(2)13-10(14)5-6-12-9(3)7-11/h8-9,12H,4-6H2,1-3H3,(H,13,14). The molecule has 0 saturated heterocycles. The van der Waals surface area contributed by atoms with E-state index in [1.165, 1.54) is 0 Å². The number of rotatable bonds is 6. The number of hydrogen-bond acceptors (Lipinski definition) is 3. The van der Waals surface area contributed by atoms with E-state index in [1.54, 1.807) is 6.92 Å². The van der Waals surface area contributed by atoms with Crippen LogP contribution < -0.4 is 10.6 Å². The summed E-state index contributed by atoms with van der Waals surface area (Å²) in [6.07, 6.45) is 1.37. The second-order valence-electron chi connectivity index (χ2n) is 3.43. The Labute approximate surface area is 85.7 Å². The molecule has 0 aliphatic heterocycles. The van der Waals surface area contributed by atoms with Gasteiger partial charge < -0.3 is 10.6 Å². The van der Waals surface area contributed by atoms with Crippen molar-refractivity contribution >= 4 is 5.91 Å². The highest BCUT2D eigenvalue weighted by molar-refractivity contribution is 5.76. The van der Waals surface area contributed by atoms with Gasteiger partial charge in [-0.1, -0.05) is 6.92 Å². The number of nitrogens with one attached hydrogen (secondary N) is 2. The van der Waals surface area contributed by atoms with Gasteiger partial charge in [-0.25, -0.2) is 0 Å². The lowest BCUT2D eigenvalue weighted by molar-refractivity contribution is -0.121. The predicted octanol–water partition coefficient (Wildman–Crippen LogP) is 0.793. The van der Waals surface area contributed by atoms with Gasteiger partial charge >= 0.3 is 0 Å². The molecule has 1 amide bonds. The molecule has 0 radical (unpaired) electrons. The maximum Gasteiger partial charge on any atom is 0.221 e. The molecule has 0 fully saturated rings. The average molecular weight is 197 g/mol. The molecule has 14 heavy (non-hydrogen) atoms. The highest BCUT2D eigenvalue weighted by atomic mass is 16.1. The molecule has 0 aromatic carbocycles. The summed E-state index contributed by atoms with van der Waals surface area (Å²) in [5, 5.41) is 14.3. The smallest absolute Gasteiger partial charge is 0.221 e. The zero-order valence-electron chi connectivity index (χ0n) is 9.13. The highest BCUT2D eigenvalue weighted by Crippen LogP contribution is 1.89. The second kappa shape index (κ2) is 7.34. The lowest BCUT2D eigenvalue weighted by Crippen LogP contribution is -2.35. The van der Waals surface area contributed by atoms with Crippen molar-refractivity contribution in [3.05, 3.63) is 0 Å². The Morgan fingerprint density at radius 2 is 2.14 bits per heavy atom. The molecule has 0 spiro atoms. The fraction of sp³-hybridized carbons (Fsp3) is 0.800. The fourth-order valence-electron chi connectivity index (χ4n) is 0.897. The summed E-state index contributed by atoms with van der Waals surface area (Å²) in [5.74, 6) is 0.0389. The van der Waals surface area contributed by atoms with Crippen LogP contribution in [0.15, 0.2) is 0 Å². The molecule has 0 aromatic heterocycles. The molecule has 0 heterocycles. The monoisotopic (exact) mass is 197 g/mol. The summed E-state index contributed by atoms with van der Waals surface area (Å²) in [6, 6.07) is 2.09. The third-order valence-corrected chi connectivity index (χ3v) is 2.02. The van der Waals surface area contributed by atoms with Gasteiger partial charge in [0.2, 0.25) is 5.91 Å². The Hall–Kier alpha value is -1.08. The number of nitrogens with zero attached hydrogens (tertiary/aromatic N) is 1. The van der Waals surface area contributed by atoms with Gasteiger partial charge in [0.1, 0.15) is 0 Å². The first-order valence-corrected chi connectivity index (χ1v) is 5.02. The zero-order valence-corrected chi connectivity index (χ0v) is 9.13. The fourth-order valence-corrected chi connectivity index (χ4v) is 0.897. The minimum absolute atomic E-state index is 0.0389. The van der Waals surface area contributed by atoms with Gasteiger partial charge in [-0.15, -0.1) is 0 Å². The van der Waals surface area contributed by atoms with E-state index in [2.05, 4.69) is 10.6 Å². The lowest BCUT2D eigenvalue weighted by Gasteiger charge is -2.11. The third-order valence-electron chi connectivity index (χ3n) is 2.02. The molecule has 0 saturated carbocycles. The Bertz CT molecular complexity index is 210. The van der Waals surface area contributed by atoms with Crippen LogP contribution in [0.3, 0.4) is 0 Å². The minimum atomic E-state index is -0.189. The van der Waals surface area contributed by atoms with Gasteiger partial charge in [0.05, 0.1) is 12.1 Å². The predicted molar refractivity (Wildman–Crippen MR) is 55.6 cm³/mol. The van der Waals surface area contributed by atoms with Gasteiger partial charge in [0.25, 0.3) is 0 Å². The minimum Gasteiger partial charge on any atom is -0.354 e. The maximum atomic E-state index is 11.2. The first-order valence-electron chi connectivity index (χ1n) is 5.02. The van der Waals surface area contributed by atoms with Crippen LogP contribution in [0.5, 0.6) is 0 Å². The molecular weight excluding hydrogens is 178 g/mol. The Morgan fingerprint density at radius 3 is 2.64 bits per heavy atom. The Morgan fingerprint density at radius 1 is 1.50 bits per heavy atom. The van der Waals surface area contributed by atoms with Gasteiger partial charge in [-0.2, -0.15) is 5.26 Å². The lowest BCUT2D eigenvalue weighted by atomic mass is 10.2. The van der Waals surface area contributed by atoms with E-state index in [0.29, 0.717) is 13.0 Å². The van der Waals surface area contributed by atoms with E-state index < -0.39 is 0 Å². The van der Waals surface area contributed by atoms with Crippen LogP contribution in [-0.2, 0) is 4.79 Å². The Kier molecular flexibility index (Phi) is 6.77. The van der Waals surface area contributed by atoms with Crippen LogP contribution in [0.1, 0.15) is 33.6 Å². The summed E-state index contributed by atoms with van der Waals surface area (Å²) in [6.45, 7) is 6.33. The average Bonchev–Trinajstić information content (AvgIpc) is 2.17. The van der Waals surface area contributed by atoms with Crippen LogP contribution >= 0.6 is 0 Å². The van der Waals surface area contributed by atoms with Crippen LogP contribution in [0.25, 0.3) is 0 Å². The van der Waals surface area contributed by atoms with Crippen LogP contribution in [0.4, 0.5) is 0 Å². The molecule has 0 aromatic rings. The molecule has 0 aliphatic carbocycles. The molecule has 0 rings (SSSR count). The summed E-state index contributed by atoms with van der Waals surface area (Å²) >= 11 is 0. The summed E-state index contributed by atoms with van der Waals surface area (Å²) in [7, 11) is 0. The van der Waals surface area contributed by atoms with Crippen molar-refractivity contribution in [2.75, 3.05) is 6.54 Å². The van der Waals surface area contributed by atoms with Gasteiger partial charge in [-0.3, -0.25) is 4.79 Å². The summed E-state index contributed by atoms with van der Waals surface area (Å²) in [5.41, 5.74) is 0. The van der Waals surface area contributed by atoms with E-state index >= 15 is 0 Å². The van der Waals surface area contributed by atoms with E-state index in [-0.39, 0.29) is 18.0 Å². The van der Waals surface area contributed by atoms with Crippen LogP contribution in [-0.4, -0.2) is 24.5 Å². The van der Waals surface area contributed by atoms with E-state index in [1.807, 2.05) is 19.9 Å². The van der Waals surface area contributed by atoms with E-state index in [4.69, 9.17) is 5.26 Å². The number of carbonyl (C=O) groups is 1. The van der Waals surface area contributed by atoms with Crippen molar-refractivity contribution in [1.82, 2.24) is 10.6 Å². The molecular formula is C10H19N3O. The number of carbonyl (C=O) groups excluding carboxylic acids is 1. The number of hydrogen-bond donors (Lipinski definition) is 2. The molecule has 2 N–H and O–H groups in total. The third kappa shape index (κ3) is 6.44. The molecule has 4 heteroatoms. The van der Waals surface area contributed by atoms with Gasteiger partial charge in [0.15, 0.2) is 0 Å². The van der Waals surface area contributed by atoms with Gasteiger partial charge in [0, 0.05) is 19.0 Å². The van der Waals surface area contributed by atoms with Crippen LogP contribution in [0.2, 0.25) is 0 Å². The molecule has 2 unspecified atom stereocenters. The van der Waals surface area contributed by atoms with Crippen molar-refractivity contribution in [2.45, 2.75) is 45.7 Å². The molecule has 0 aliphatic rings.